The zero-order valence-electron chi connectivity index (χ0n) is 27.2. The molecule has 2 saturated carbocycles. The monoisotopic (exact) mass is 590 g/mol. The number of unbranched alkanes of at least 4 members (excludes halogenated alkanes) is 4. The first kappa shape index (κ1) is 33.4. The number of benzene rings is 2. The maximum Gasteiger partial charge on any atom is 0.343 e. The van der Waals surface area contributed by atoms with Gasteiger partial charge in [0.1, 0.15) is 17.2 Å². The van der Waals surface area contributed by atoms with Crippen LogP contribution in [0, 0.1) is 23.7 Å². The molecule has 0 saturated heterocycles. The first-order valence-corrected chi connectivity index (χ1v) is 17.8. The third-order valence-electron chi connectivity index (χ3n) is 10.0. The molecular weight excluding hydrogens is 532 g/mol. The summed E-state index contributed by atoms with van der Waals surface area (Å²) < 4.78 is 17.7. The maximum absolute atomic E-state index is 12.7. The van der Waals surface area contributed by atoms with E-state index >= 15 is 0 Å². The van der Waals surface area contributed by atoms with Crippen LogP contribution in [0.3, 0.4) is 0 Å². The Morgan fingerprint density at radius 2 is 1.14 bits per heavy atom. The molecule has 238 valence electrons. The number of hydrogen-bond donors (Lipinski definition) is 0. The zero-order chi connectivity index (χ0) is 30.1. The van der Waals surface area contributed by atoms with Crippen LogP contribution in [-0.4, -0.2) is 19.2 Å². The molecule has 4 heteroatoms. The number of esters is 1. The Balaban J connectivity index is 1.12. The normalized spacial score (nSPS) is 22.2. The number of rotatable bonds is 18. The topological polar surface area (TPSA) is 44.8 Å². The van der Waals surface area contributed by atoms with Crippen LogP contribution >= 0.6 is 0 Å². The Morgan fingerprint density at radius 3 is 1.79 bits per heavy atom. The average Bonchev–Trinajstić information content (AvgIpc) is 3.04. The molecule has 0 radical (unpaired) electrons. The lowest BCUT2D eigenvalue weighted by atomic mass is 9.74. The molecule has 0 aliphatic heterocycles. The van der Waals surface area contributed by atoms with Gasteiger partial charge in [-0.2, -0.15) is 0 Å². The van der Waals surface area contributed by atoms with Crippen LogP contribution in [0.4, 0.5) is 0 Å². The Bertz CT molecular complexity index is 1020. The first-order valence-electron chi connectivity index (χ1n) is 17.8. The molecule has 2 aliphatic rings. The van der Waals surface area contributed by atoms with Gasteiger partial charge in [0, 0.05) is 0 Å². The van der Waals surface area contributed by atoms with Gasteiger partial charge in [-0.1, -0.05) is 104 Å². The third kappa shape index (κ3) is 11.8. The summed E-state index contributed by atoms with van der Waals surface area (Å²) in [5.41, 5.74) is 0.523. The van der Waals surface area contributed by atoms with Crippen LogP contribution in [0.15, 0.2) is 48.5 Å². The molecule has 2 aliphatic carbocycles. The van der Waals surface area contributed by atoms with Crippen LogP contribution in [0.1, 0.15) is 140 Å². The van der Waals surface area contributed by atoms with Crippen LogP contribution in [-0.2, 0) is 0 Å². The number of ether oxygens (including phenoxy) is 3. The highest BCUT2D eigenvalue weighted by molar-refractivity contribution is 5.91. The SMILES string of the molecule is CCCCCC1CCC(COc2ccc(OC(=O)c3ccc(OCCCC4CCCCC4CCCCC)cc3)cc2)CC1. The largest absolute Gasteiger partial charge is 0.494 e. The van der Waals surface area contributed by atoms with Crippen molar-refractivity contribution in [2.75, 3.05) is 13.2 Å². The summed E-state index contributed by atoms with van der Waals surface area (Å²) in [6.45, 7) is 6.08. The van der Waals surface area contributed by atoms with Gasteiger partial charge < -0.3 is 14.2 Å². The van der Waals surface area contributed by atoms with Crippen molar-refractivity contribution in [2.45, 2.75) is 129 Å². The third-order valence-corrected chi connectivity index (χ3v) is 10.0. The van der Waals surface area contributed by atoms with Crippen LogP contribution in [0.2, 0.25) is 0 Å². The fourth-order valence-corrected chi connectivity index (χ4v) is 7.28. The summed E-state index contributed by atoms with van der Waals surface area (Å²) in [4.78, 5) is 12.7. The molecule has 2 unspecified atom stereocenters. The predicted octanol–water partition coefficient (Wildman–Crippen LogP) is 11.2. The molecule has 0 N–H and O–H groups in total. The van der Waals surface area contributed by atoms with Crippen molar-refractivity contribution in [3.8, 4) is 17.2 Å². The average molecular weight is 591 g/mol. The Morgan fingerprint density at radius 1 is 0.605 bits per heavy atom. The molecule has 2 aromatic carbocycles. The van der Waals surface area contributed by atoms with E-state index in [4.69, 9.17) is 14.2 Å². The smallest absolute Gasteiger partial charge is 0.343 e. The second-order valence-electron chi connectivity index (χ2n) is 13.4. The first-order chi connectivity index (χ1) is 21.1. The van der Waals surface area contributed by atoms with Crippen molar-refractivity contribution < 1.29 is 19.0 Å². The summed E-state index contributed by atoms with van der Waals surface area (Å²) in [5.74, 6) is 5.18. The summed E-state index contributed by atoms with van der Waals surface area (Å²) in [5, 5.41) is 0. The molecule has 0 amide bonds. The van der Waals surface area contributed by atoms with E-state index in [1.54, 1.807) is 12.1 Å². The van der Waals surface area contributed by atoms with Crippen LogP contribution in [0.5, 0.6) is 17.2 Å². The lowest BCUT2D eigenvalue weighted by molar-refractivity contribution is 0.0734. The second kappa shape index (κ2) is 19.0. The van der Waals surface area contributed by atoms with Gasteiger partial charge >= 0.3 is 5.97 Å². The van der Waals surface area contributed by atoms with Crippen molar-refractivity contribution in [3.05, 3.63) is 54.1 Å². The molecule has 0 aromatic heterocycles. The molecule has 0 bridgehead atoms. The molecule has 43 heavy (non-hydrogen) atoms. The van der Waals surface area contributed by atoms with Gasteiger partial charge in [-0.05, 0) is 97.9 Å². The number of hydrogen-bond acceptors (Lipinski definition) is 4. The van der Waals surface area contributed by atoms with E-state index in [0.717, 1.165) is 48.9 Å². The van der Waals surface area contributed by atoms with E-state index in [1.165, 1.54) is 109 Å². The van der Waals surface area contributed by atoms with E-state index in [0.29, 0.717) is 17.2 Å². The van der Waals surface area contributed by atoms with Crippen molar-refractivity contribution in [1.82, 2.24) is 0 Å². The lowest BCUT2D eigenvalue weighted by Gasteiger charge is -2.31. The van der Waals surface area contributed by atoms with Crippen molar-refractivity contribution in [3.63, 3.8) is 0 Å². The maximum atomic E-state index is 12.7. The van der Waals surface area contributed by atoms with Gasteiger partial charge in [0.2, 0.25) is 0 Å². The molecule has 2 atom stereocenters. The fourth-order valence-electron chi connectivity index (χ4n) is 7.28. The predicted molar refractivity (Wildman–Crippen MR) is 177 cm³/mol. The van der Waals surface area contributed by atoms with E-state index in [-0.39, 0.29) is 5.97 Å². The van der Waals surface area contributed by atoms with E-state index in [1.807, 2.05) is 36.4 Å². The van der Waals surface area contributed by atoms with E-state index in [2.05, 4.69) is 13.8 Å². The molecule has 2 fully saturated rings. The van der Waals surface area contributed by atoms with E-state index < -0.39 is 0 Å². The van der Waals surface area contributed by atoms with Gasteiger partial charge in [-0.3, -0.25) is 0 Å². The summed E-state index contributed by atoms with van der Waals surface area (Å²) in [6.07, 6.45) is 24.2. The van der Waals surface area contributed by atoms with Crippen LogP contribution in [0.25, 0.3) is 0 Å². The number of carbonyl (C=O) groups is 1. The quantitative estimate of drug-likeness (QED) is 0.0984. The van der Waals surface area contributed by atoms with Crippen molar-refractivity contribution in [2.24, 2.45) is 23.7 Å². The Kier molecular flexibility index (Phi) is 14.8. The van der Waals surface area contributed by atoms with E-state index in [9.17, 15) is 4.79 Å². The second-order valence-corrected chi connectivity index (χ2v) is 13.4. The number of carbonyl (C=O) groups excluding carboxylic acids is 1. The fraction of sp³-hybridized carbons (Fsp3) is 0.667. The van der Waals surface area contributed by atoms with Gasteiger partial charge in [-0.15, -0.1) is 0 Å². The van der Waals surface area contributed by atoms with Gasteiger partial charge in [-0.25, -0.2) is 4.79 Å². The summed E-state index contributed by atoms with van der Waals surface area (Å²) in [7, 11) is 0. The Labute approximate surface area is 262 Å². The molecule has 0 spiro atoms. The highest BCUT2D eigenvalue weighted by Crippen LogP contribution is 2.36. The van der Waals surface area contributed by atoms with Gasteiger partial charge in [0.15, 0.2) is 0 Å². The molecule has 2 aromatic rings. The molecule has 4 nitrogen and oxygen atoms in total. The summed E-state index contributed by atoms with van der Waals surface area (Å²) in [6, 6.07) is 14.8. The standard InChI is InChI=1S/C39H58O4/c1-3-5-7-12-31-17-19-32(20-18-31)30-42-37-25-27-38(28-26-37)43-39(40)35-21-23-36(24-22-35)41-29-11-16-34-15-10-9-14-33(34)13-8-6-4-2/h21-28,31-34H,3-20,29-30H2,1-2H3. The summed E-state index contributed by atoms with van der Waals surface area (Å²) >= 11 is 0. The van der Waals surface area contributed by atoms with Crippen LogP contribution < -0.4 is 14.2 Å². The lowest BCUT2D eigenvalue weighted by Crippen LogP contribution is -2.20. The minimum Gasteiger partial charge on any atom is -0.494 e. The highest BCUT2D eigenvalue weighted by Gasteiger charge is 2.24. The van der Waals surface area contributed by atoms with Gasteiger partial charge in [0.25, 0.3) is 0 Å². The minimum absolute atomic E-state index is 0.359. The minimum atomic E-state index is -0.359. The molecule has 4 rings (SSSR count). The van der Waals surface area contributed by atoms with Crippen molar-refractivity contribution >= 4 is 5.97 Å². The van der Waals surface area contributed by atoms with Crippen molar-refractivity contribution in [1.29, 1.82) is 0 Å². The van der Waals surface area contributed by atoms with Gasteiger partial charge in [0.05, 0.1) is 18.8 Å². The highest BCUT2D eigenvalue weighted by atomic mass is 16.5. The Hall–Kier alpha value is -2.49. The molecule has 0 heterocycles. The zero-order valence-corrected chi connectivity index (χ0v) is 27.2. The molecular formula is C39H58O4.